The fourth-order valence-electron chi connectivity index (χ4n) is 3.64. The molecule has 0 saturated carbocycles. The number of aromatic nitrogens is 2. The Balaban J connectivity index is 1.52. The van der Waals surface area contributed by atoms with Crippen LogP contribution in [0.5, 0.6) is 0 Å². The predicted molar refractivity (Wildman–Crippen MR) is 122 cm³/mol. The van der Waals surface area contributed by atoms with Crippen LogP contribution in [0.3, 0.4) is 0 Å². The van der Waals surface area contributed by atoms with Crippen LogP contribution in [0.25, 0.3) is 17.0 Å². The lowest BCUT2D eigenvalue weighted by Crippen LogP contribution is -2.26. The van der Waals surface area contributed by atoms with E-state index in [0.29, 0.717) is 11.1 Å². The molecule has 4 aromatic rings. The van der Waals surface area contributed by atoms with E-state index in [9.17, 15) is 14.9 Å². The number of nitrogens with zero attached hydrogens (tertiary/aromatic N) is 4. The van der Waals surface area contributed by atoms with Crippen molar-refractivity contribution in [1.82, 2.24) is 15.0 Å². The van der Waals surface area contributed by atoms with Gasteiger partial charge in [-0.15, -0.1) is 5.10 Å². The lowest BCUT2D eigenvalue weighted by molar-refractivity contribution is -0.385. The zero-order valence-electron chi connectivity index (χ0n) is 17.2. The van der Waals surface area contributed by atoms with E-state index in [1.807, 2.05) is 24.3 Å². The number of benzene rings is 2. The fraction of sp³-hybridized carbons (Fsp3) is 0.0417. The van der Waals surface area contributed by atoms with E-state index in [4.69, 9.17) is 4.74 Å². The normalized spacial score (nSPS) is 15.6. The van der Waals surface area contributed by atoms with Crippen molar-refractivity contribution in [3.8, 4) is 0 Å². The first-order valence-electron chi connectivity index (χ1n) is 10.1. The molecule has 33 heavy (non-hydrogen) atoms. The Bertz CT molecular complexity index is 1410. The fourth-order valence-corrected chi connectivity index (χ4v) is 3.64. The highest BCUT2D eigenvalue weighted by Gasteiger charge is 2.35. The molecule has 1 unspecified atom stereocenters. The van der Waals surface area contributed by atoms with Crippen LogP contribution in [0.15, 0.2) is 90.4 Å². The lowest BCUT2D eigenvalue weighted by atomic mass is 10.1. The molecule has 0 bridgehead atoms. The van der Waals surface area contributed by atoms with Gasteiger partial charge >= 0.3 is 0 Å². The maximum absolute atomic E-state index is 13.2. The second-order valence-corrected chi connectivity index (χ2v) is 7.23. The van der Waals surface area contributed by atoms with Gasteiger partial charge in [0, 0.05) is 52.8 Å². The van der Waals surface area contributed by atoms with Crippen molar-refractivity contribution < 1.29 is 14.5 Å². The van der Waals surface area contributed by atoms with Crippen molar-refractivity contribution in [2.24, 2.45) is 5.10 Å². The number of hydrazone groups is 1. The van der Waals surface area contributed by atoms with Gasteiger partial charge in [0.25, 0.3) is 11.6 Å². The standard InChI is InChI=1S/C24H17N5O4/c30-22(10-9-16-5-1-4-8-21(16)29(31)32)28-24(19-15-26-20-7-3-2-6-18(19)20)33-23(27-28)17-11-13-25-14-12-17/h1-15,24,26H/b10-9-. The minimum atomic E-state index is -0.813. The summed E-state index contributed by atoms with van der Waals surface area (Å²) >= 11 is 0. The predicted octanol–water partition coefficient (Wildman–Crippen LogP) is 4.40. The number of carbonyl (C=O) groups is 1. The number of amides is 1. The topological polar surface area (TPSA) is 114 Å². The van der Waals surface area contributed by atoms with Gasteiger partial charge in [-0.05, 0) is 30.3 Å². The Morgan fingerprint density at radius 3 is 2.67 bits per heavy atom. The van der Waals surface area contributed by atoms with Gasteiger partial charge < -0.3 is 9.72 Å². The minimum absolute atomic E-state index is 0.0895. The van der Waals surface area contributed by atoms with Gasteiger partial charge in [0.05, 0.1) is 10.5 Å². The first-order chi connectivity index (χ1) is 16.1. The van der Waals surface area contributed by atoms with Crippen molar-refractivity contribution in [2.45, 2.75) is 6.23 Å². The molecule has 1 amide bonds. The van der Waals surface area contributed by atoms with Crippen molar-refractivity contribution in [2.75, 3.05) is 0 Å². The van der Waals surface area contributed by atoms with E-state index in [2.05, 4.69) is 15.1 Å². The average molecular weight is 439 g/mol. The molecule has 0 saturated heterocycles. The lowest BCUT2D eigenvalue weighted by Gasteiger charge is -2.18. The number of hydrogen-bond acceptors (Lipinski definition) is 6. The average Bonchev–Trinajstić information content (AvgIpc) is 3.48. The number of carbonyl (C=O) groups excluding carboxylic acids is 1. The maximum atomic E-state index is 13.2. The summed E-state index contributed by atoms with van der Waals surface area (Å²) in [5.74, 6) is -0.201. The first kappa shape index (κ1) is 20.1. The highest BCUT2D eigenvalue weighted by Crippen LogP contribution is 2.34. The molecule has 0 fully saturated rings. The molecule has 0 radical (unpaired) electrons. The van der Waals surface area contributed by atoms with Gasteiger partial charge in [-0.2, -0.15) is 5.01 Å². The number of ether oxygens (including phenoxy) is 1. The Morgan fingerprint density at radius 1 is 1.09 bits per heavy atom. The number of aromatic amines is 1. The molecule has 2 aromatic heterocycles. The number of nitrogens with one attached hydrogen (secondary N) is 1. The second kappa shape index (κ2) is 8.39. The largest absolute Gasteiger partial charge is 0.446 e. The Labute approximate surface area is 187 Å². The molecule has 1 aliphatic rings. The van der Waals surface area contributed by atoms with Crippen molar-refractivity contribution in [3.05, 3.63) is 112 Å². The molecule has 1 atom stereocenters. The Hall–Kier alpha value is -4.79. The summed E-state index contributed by atoms with van der Waals surface area (Å²) in [7, 11) is 0. The third kappa shape index (κ3) is 3.83. The second-order valence-electron chi connectivity index (χ2n) is 7.23. The van der Waals surface area contributed by atoms with E-state index < -0.39 is 17.1 Å². The van der Waals surface area contributed by atoms with E-state index >= 15 is 0 Å². The number of pyridine rings is 1. The number of H-pyrrole nitrogens is 1. The third-order valence-corrected chi connectivity index (χ3v) is 5.22. The van der Waals surface area contributed by atoms with Crippen molar-refractivity contribution >= 4 is 34.5 Å². The van der Waals surface area contributed by atoms with Crippen LogP contribution in [0, 0.1) is 10.1 Å². The van der Waals surface area contributed by atoms with E-state index in [1.54, 1.807) is 48.9 Å². The molecule has 2 aromatic carbocycles. The van der Waals surface area contributed by atoms with Crippen LogP contribution in [-0.4, -0.2) is 31.7 Å². The summed E-state index contributed by atoms with van der Waals surface area (Å²) in [5.41, 5.74) is 2.54. The van der Waals surface area contributed by atoms with Crippen molar-refractivity contribution in [1.29, 1.82) is 0 Å². The van der Waals surface area contributed by atoms with Crippen LogP contribution in [-0.2, 0) is 9.53 Å². The van der Waals surface area contributed by atoms with Crippen LogP contribution in [0.2, 0.25) is 0 Å². The van der Waals surface area contributed by atoms with Crippen LogP contribution in [0.4, 0.5) is 5.69 Å². The van der Waals surface area contributed by atoms with Crippen LogP contribution >= 0.6 is 0 Å². The number of fused-ring (bicyclic) bond motifs is 1. The van der Waals surface area contributed by atoms with Gasteiger partial charge in [-0.1, -0.05) is 30.3 Å². The van der Waals surface area contributed by atoms with Crippen LogP contribution in [0.1, 0.15) is 22.9 Å². The number of rotatable bonds is 5. The minimum Gasteiger partial charge on any atom is -0.446 e. The third-order valence-electron chi connectivity index (χ3n) is 5.22. The summed E-state index contributed by atoms with van der Waals surface area (Å²) in [4.78, 5) is 31.2. The van der Waals surface area contributed by atoms with Gasteiger partial charge in [0.1, 0.15) is 0 Å². The summed E-state index contributed by atoms with van der Waals surface area (Å²) in [6, 6.07) is 17.4. The molecule has 5 rings (SSSR count). The smallest absolute Gasteiger partial charge is 0.276 e. The van der Waals surface area contributed by atoms with Gasteiger partial charge in [-0.3, -0.25) is 19.9 Å². The van der Waals surface area contributed by atoms with Gasteiger partial charge in [0.15, 0.2) is 0 Å². The number of nitro groups is 1. The molecular formula is C24H17N5O4. The molecule has 1 N–H and O–H groups in total. The van der Waals surface area contributed by atoms with Gasteiger partial charge in [-0.25, -0.2) is 0 Å². The maximum Gasteiger partial charge on any atom is 0.276 e. The highest BCUT2D eigenvalue weighted by atomic mass is 16.6. The van der Waals surface area contributed by atoms with E-state index in [-0.39, 0.29) is 11.6 Å². The molecule has 3 heterocycles. The quantitative estimate of drug-likeness (QED) is 0.281. The zero-order valence-corrected chi connectivity index (χ0v) is 17.2. The summed E-state index contributed by atoms with van der Waals surface area (Å²) in [6.45, 7) is 0. The summed E-state index contributed by atoms with van der Waals surface area (Å²) in [6.07, 6.45) is 6.86. The molecule has 9 heteroatoms. The molecule has 0 spiro atoms. The Morgan fingerprint density at radius 2 is 1.85 bits per heavy atom. The van der Waals surface area contributed by atoms with E-state index in [0.717, 1.165) is 16.5 Å². The number of nitro benzene ring substituents is 1. The highest BCUT2D eigenvalue weighted by molar-refractivity contribution is 5.99. The summed E-state index contributed by atoms with van der Waals surface area (Å²) in [5, 5.41) is 17.8. The first-order valence-corrected chi connectivity index (χ1v) is 10.1. The number of para-hydroxylation sites is 2. The molecule has 162 valence electrons. The SMILES string of the molecule is O=C(/C=C\c1ccccc1[N+](=O)[O-])N1N=C(c2ccncc2)OC1c1c[nH]c2ccccc12. The zero-order chi connectivity index (χ0) is 22.8. The summed E-state index contributed by atoms with van der Waals surface area (Å²) < 4.78 is 6.11. The molecule has 0 aliphatic carbocycles. The number of hydrogen-bond donors (Lipinski definition) is 1. The molecular weight excluding hydrogens is 422 g/mol. The van der Waals surface area contributed by atoms with Gasteiger partial charge in [0.2, 0.25) is 12.1 Å². The molecule has 1 aliphatic heterocycles. The van der Waals surface area contributed by atoms with Crippen molar-refractivity contribution in [3.63, 3.8) is 0 Å². The monoisotopic (exact) mass is 439 g/mol. The molecule has 9 nitrogen and oxygen atoms in total. The van der Waals surface area contributed by atoms with E-state index in [1.165, 1.54) is 23.2 Å². The van der Waals surface area contributed by atoms with Crippen LogP contribution < -0.4 is 0 Å². The Kier molecular flexibility index (Phi) is 5.12.